The highest BCUT2D eigenvalue weighted by Gasteiger charge is 2.49. The minimum atomic E-state index is -0.809. The molecule has 0 spiro atoms. The van der Waals surface area contributed by atoms with Crippen LogP contribution in [-0.4, -0.2) is 34.5 Å². The lowest BCUT2D eigenvalue weighted by molar-refractivity contribution is -0.144. The first-order valence-corrected chi connectivity index (χ1v) is 8.63. The van der Waals surface area contributed by atoms with Gasteiger partial charge in [-0.3, -0.25) is 9.59 Å². The van der Waals surface area contributed by atoms with E-state index in [1.54, 1.807) is 4.90 Å². The Morgan fingerprint density at radius 1 is 1.30 bits per heavy atom. The van der Waals surface area contributed by atoms with E-state index in [0.29, 0.717) is 18.0 Å². The average Bonchev–Trinajstić information content (AvgIpc) is 3.14. The molecule has 2 atom stereocenters. The number of benzene rings is 1. The molecule has 2 fully saturated rings. The summed E-state index contributed by atoms with van der Waals surface area (Å²) in [5.74, 6) is -1.19. The zero-order valence-electron chi connectivity index (χ0n) is 13.3. The van der Waals surface area contributed by atoms with Crippen molar-refractivity contribution in [3.05, 3.63) is 34.9 Å². The molecule has 3 rings (SSSR count). The molecule has 23 heavy (non-hydrogen) atoms. The first-order valence-electron chi connectivity index (χ1n) is 8.25. The van der Waals surface area contributed by atoms with E-state index in [1.807, 2.05) is 31.2 Å². The van der Waals surface area contributed by atoms with Gasteiger partial charge in [-0.1, -0.05) is 36.6 Å². The van der Waals surface area contributed by atoms with E-state index in [1.165, 1.54) is 0 Å². The standard InChI is InChI=1S/C18H22ClNO3/c1-12-15(16(21)22)7-10-20(12)17(23)18(8-2-3-9-18)13-5-4-6-14(19)11-13/h4-6,11-12,15H,2-3,7-10H2,1H3,(H,21,22). The van der Waals surface area contributed by atoms with Gasteiger partial charge in [-0.25, -0.2) is 0 Å². The lowest BCUT2D eigenvalue weighted by Crippen LogP contribution is -2.48. The lowest BCUT2D eigenvalue weighted by atomic mass is 9.77. The second kappa shape index (κ2) is 6.16. The highest BCUT2D eigenvalue weighted by molar-refractivity contribution is 6.30. The van der Waals surface area contributed by atoms with Crippen LogP contribution in [0.15, 0.2) is 24.3 Å². The maximum absolute atomic E-state index is 13.3. The van der Waals surface area contributed by atoms with E-state index in [9.17, 15) is 14.7 Å². The molecule has 0 bridgehead atoms. The SMILES string of the molecule is CC1C(C(=O)O)CCN1C(=O)C1(c2cccc(Cl)c2)CCCC1. The van der Waals surface area contributed by atoms with Gasteiger partial charge in [0.05, 0.1) is 11.3 Å². The summed E-state index contributed by atoms with van der Waals surface area (Å²) in [4.78, 5) is 26.5. The number of rotatable bonds is 3. The van der Waals surface area contributed by atoms with Crippen molar-refractivity contribution >= 4 is 23.5 Å². The molecule has 0 radical (unpaired) electrons. The van der Waals surface area contributed by atoms with Crippen molar-refractivity contribution < 1.29 is 14.7 Å². The number of carbonyl (C=O) groups excluding carboxylic acids is 1. The van der Waals surface area contributed by atoms with Crippen molar-refractivity contribution in [2.24, 2.45) is 5.92 Å². The molecule has 4 nitrogen and oxygen atoms in total. The first kappa shape index (κ1) is 16.3. The van der Waals surface area contributed by atoms with Crippen molar-refractivity contribution in [2.45, 2.75) is 50.5 Å². The third kappa shape index (κ3) is 2.74. The molecule has 0 aromatic heterocycles. The summed E-state index contributed by atoms with van der Waals surface area (Å²) >= 11 is 6.14. The first-order chi connectivity index (χ1) is 11.0. The number of carbonyl (C=O) groups is 2. The van der Waals surface area contributed by atoms with Crippen LogP contribution in [0.3, 0.4) is 0 Å². The number of likely N-dealkylation sites (tertiary alicyclic amines) is 1. The molecule has 1 aromatic rings. The molecular weight excluding hydrogens is 314 g/mol. The fourth-order valence-corrected chi connectivity index (χ4v) is 4.41. The summed E-state index contributed by atoms with van der Waals surface area (Å²) in [5.41, 5.74) is 0.436. The van der Waals surface area contributed by atoms with Crippen LogP contribution >= 0.6 is 11.6 Å². The van der Waals surface area contributed by atoms with Gasteiger partial charge in [-0.15, -0.1) is 0 Å². The molecule has 2 unspecified atom stereocenters. The van der Waals surface area contributed by atoms with Gasteiger partial charge in [-0.2, -0.15) is 0 Å². The van der Waals surface area contributed by atoms with E-state index >= 15 is 0 Å². The summed E-state index contributed by atoms with van der Waals surface area (Å²) in [7, 11) is 0. The molecule has 1 saturated heterocycles. The zero-order chi connectivity index (χ0) is 16.6. The second-order valence-corrected chi connectivity index (χ2v) is 7.21. The molecule has 1 aromatic carbocycles. The Bertz CT molecular complexity index is 624. The van der Waals surface area contributed by atoms with E-state index in [2.05, 4.69) is 0 Å². The molecule has 1 aliphatic carbocycles. The molecule has 124 valence electrons. The molecular formula is C18H22ClNO3. The number of hydrogen-bond donors (Lipinski definition) is 1. The van der Waals surface area contributed by atoms with Gasteiger partial charge in [0.25, 0.3) is 0 Å². The van der Waals surface area contributed by atoms with Gasteiger partial charge in [-0.05, 0) is 43.9 Å². The Morgan fingerprint density at radius 2 is 2.00 bits per heavy atom. The fraction of sp³-hybridized carbons (Fsp3) is 0.556. The molecule has 1 N–H and O–H groups in total. The van der Waals surface area contributed by atoms with E-state index in [0.717, 1.165) is 31.2 Å². The Labute approximate surface area is 141 Å². The van der Waals surface area contributed by atoms with Crippen molar-refractivity contribution in [2.75, 3.05) is 6.54 Å². The summed E-state index contributed by atoms with van der Waals surface area (Å²) in [6.07, 6.45) is 4.19. The zero-order valence-corrected chi connectivity index (χ0v) is 14.1. The largest absolute Gasteiger partial charge is 0.481 e. The van der Waals surface area contributed by atoms with E-state index in [4.69, 9.17) is 11.6 Å². The maximum Gasteiger partial charge on any atom is 0.308 e. The van der Waals surface area contributed by atoms with Gasteiger partial charge in [0, 0.05) is 17.6 Å². The van der Waals surface area contributed by atoms with Crippen LogP contribution in [0.4, 0.5) is 0 Å². The minimum Gasteiger partial charge on any atom is -0.481 e. The quantitative estimate of drug-likeness (QED) is 0.920. The highest BCUT2D eigenvalue weighted by Crippen LogP contribution is 2.44. The van der Waals surface area contributed by atoms with Crippen LogP contribution in [0.5, 0.6) is 0 Å². The lowest BCUT2D eigenvalue weighted by Gasteiger charge is -2.35. The number of hydrogen-bond acceptors (Lipinski definition) is 2. The van der Waals surface area contributed by atoms with Gasteiger partial charge < -0.3 is 10.0 Å². The highest BCUT2D eigenvalue weighted by atomic mass is 35.5. The average molecular weight is 336 g/mol. The van der Waals surface area contributed by atoms with E-state index in [-0.39, 0.29) is 11.9 Å². The number of carboxylic acids is 1. The van der Waals surface area contributed by atoms with Crippen LogP contribution in [0.1, 0.15) is 44.6 Å². The van der Waals surface area contributed by atoms with Crippen LogP contribution in [-0.2, 0) is 15.0 Å². The molecule has 1 aliphatic heterocycles. The van der Waals surface area contributed by atoms with Gasteiger partial charge in [0.2, 0.25) is 5.91 Å². The van der Waals surface area contributed by atoms with Crippen LogP contribution in [0, 0.1) is 5.92 Å². The third-order valence-electron chi connectivity index (χ3n) is 5.58. The number of aliphatic carboxylic acids is 1. The third-order valence-corrected chi connectivity index (χ3v) is 5.81. The fourth-order valence-electron chi connectivity index (χ4n) is 4.22. The minimum absolute atomic E-state index is 0.0773. The summed E-state index contributed by atoms with van der Waals surface area (Å²) in [5, 5.41) is 9.95. The predicted molar refractivity (Wildman–Crippen MR) is 88.5 cm³/mol. The van der Waals surface area contributed by atoms with Gasteiger partial charge in [0.15, 0.2) is 0 Å². The number of halogens is 1. The number of carboxylic acid groups (broad SMARTS) is 1. The van der Waals surface area contributed by atoms with Crippen LogP contribution < -0.4 is 0 Å². The Balaban J connectivity index is 1.93. The van der Waals surface area contributed by atoms with Crippen molar-refractivity contribution in [1.29, 1.82) is 0 Å². The van der Waals surface area contributed by atoms with Crippen LogP contribution in [0.2, 0.25) is 5.02 Å². The van der Waals surface area contributed by atoms with Gasteiger partial charge >= 0.3 is 5.97 Å². The molecule has 5 heteroatoms. The smallest absolute Gasteiger partial charge is 0.308 e. The van der Waals surface area contributed by atoms with Crippen molar-refractivity contribution in [3.63, 3.8) is 0 Å². The Morgan fingerprint density at radius 3 is 2.57 bits per heavy atom. The van der Waals surface area contributed by atoms with Crippen molar-refractivity contribution in [1.82, 2.24) is 4.90 Å². The molecule has 2 aliphatic rings. The molecule has 1 amide bonds. The normalized spacial score (nSPS) is 26.4. The summed E-state index contributed by atoms with van der Waals surface area (Å²) < 4.78 is 0. The second-order valence-electron chi connectivity index (χ2n) is 6.77. The predicted octanol–water partition coefficient (Wildman–Crippen LogP) is 3.47. The summed E-state index contributed by atoms with van der Waals surface area (Å²) in [6.45, 7) is 2.38. The molecule has 1 heterocycles. The van der Waals surface area contributed by atoms with Crippen molar-refractivity contribution in [3.8, 4) is 0 Å². The number of nitrogens with zero attached hydrogens (tertiary/aromatic N) is 1. The summed E-state index contributed by atoms with van der Waals surface area (Å²) in [6, 6.07) is 7.32. The molecule has 1 saturated carbocycles. The maximum atomic E-state index is 13.3. The van der Waals surface area contributed by atoms with E-state index < -0.39 is 17.3 Å². The Hall–Kier alpha value is -1.55. The topological polar surface area (TPSA) is 57.6 Å². The Kier molecular flexibility index (Phi) is 4.37. The van der Waals surface area contributed by atoms with Gasteiger partial charge in [0.1, 0.15) is 0 Å². The number of amides is 1. The monoisotopic (exact) mass is 335 g/mol. The van der Waals surface area contributed by atoms with Crippen LogP contribution in [0.25, 0.3) is 0 Å².